The Kier molecular flexibility index (Phi) is 3.83. The number of hydrogen-bond acceptors (Lipinski definition) is 3. The number of aromatic nitrogens is 1. The maximum absolute atomic E-state index is 5.91. The maximum atomic E-state index is 5.91. The molecular formula is C14H17ClN2S. The van der Waals surface area contributed by atoms with Crippen molar-refractivity contribution in [2.75, 3.05) is 12.4 Å². The van der Waals surface area contributed by atoms with Crippen LogP contribution in [-0.4, -0.2) is 28.4 Å². The Morgan fingerprint density at radius 2 is 2.17 bits per heavy atom. The second kappa shape index (κ2) is 5.55. The lowest BCUT2D eigenvalue weighted by Gasteiger charge is -2.36. The van der Waals surface area contributed by atoms with Gasteiger partial charge in [-0.1, -0.05) is 18.6 Å². The summed E-state index contributed by atoms with van der Waals surface area (Å²) in [5, 5.41) is 1.22. The molecule has 2 aromatic rings. The topological polar surface area (TPSA) is 16.1 Å². The molecule has 0 bridgehead atoms. The summed E-state index contributed by atoms with van der Waals surface area (Å²) in [5.74, 6) is 0.710. The van der Waals surface area contributed by atoms with Gasteiger partial charge in [-0.2, -0.15) is 0 Å². The quantitative estimate of drug-likeness (QED) is 0.773. The predicted octanol–water partition coefficient (Wildman–Crippen LogP) is 3.89. The molecule has 1 aliphatic rings. The Morgan fingerprint density at radius 1 is 1.33 bits per heavy atom. The Balaban J connectivity index is 1.76. The third kappa shape index (κ3) is 2.53. The Labute approximate surface area is 117 Å². The first-order valence-corrected chi connectivity index (χ1v) is 7.86. The molecule has 1 aromatic heterocycles. The van der Waals surface area contributed by atoms with Gasteiger partial charge in [0.25, 0.3) is 0 Å². The van der Waals surface area contributed by atoms with Crippen LogP contribution in [0.2, 0.25) is 0 Å². The first kappa shape index (κ1) is 12.4. The number of fused-ring (bicyclic) bond motifs is 1. The fourth-order valence-corrected chi connectivity index (χ4v) is 3.62. The molecule has 18 heavy (non-hydrogen) atoms. The number of thiazole rings is 1. The summed E-state index contributed by atoms with van der Waals surface area (Å²) in [4.78, 5) is 7.20. The highest BCUT2D eigenvalue weighted by Gasteiger charge is 2.25. The third-order valence-electron chi connectivity index (χ3n) is 3.64. The van der Waals surface area contributed by atoms with Gasteiger partial charge in [0.15, 0.2) is 0 Å². The molecule has 1 heterocycles. The molecule has 1 aromatic carbocycles. The van der Waals surface area contributed by atoms with Gasteiger partial charge in [-0.3, -0.25) is 4.90 Å². The summed E-state index contributed by atoms with van der Waals surface area (Å²) in [7, 11) is 0. The molecule has 0 saturated heterocycles. The van der Waals surface area contributed by atoms with Gasteiger partial charge < -0.3 is 0 Å². The Morgan fingerprint density at radius 3 is 2.83 bits per heavy atom. The molecule has 0 spiro atoms. The molecule has 4 heteroatoms. The van der Waals surface area contributed by atoms with Crippen molar-refractivity contribution >= 4 is 33.2 Å². The lowest BCUT2D eigenvalue weighted by molar-refractivity contribution is 0.127. The molecule has 96 valence electrons. The van der Waals surface area contributed by atoms with Crippen LogP contribution in [0.4, 0.5) is 0 Å². The number of halogens is 1. The average molecular weight is 281 g/mol. The minimum absolute atomic E-state index is 0.710. The number of hydrogen-bond donors (Lipinski definition) is 0. The first-order chi connectivity index (χ1) is 8.86. The molecule has 1 fully saturated rings. The summed E-state index contributed by atoms with van der Waals surface area (Å²) in [5.41, 5.74) is 1.12. The Bertz CT molecular complexity index is 488. The van der Waals surface area contributed by atoms with Crippen LogP contribution in [0, 0.1) is 0 Å². The van der Waals surface area contributed by atoms with Crippen LogP contribution in [0.25, 0.3) is 10.2 Å². The molecule has 1 aliphatic carbocycles. The number of nitrogens with zero attached hydrogens (tertiary/aromatic N) is 2. The number of benzene rings is 1. The van der Waals surface area contributed by atoms with E-state index in [0.29, 0.717) is 5.88 Å². The third-order valence-corrected chi connectivity index (χ3v) is 4.83. The number of para-hydroxylation sites is 1. The van der Waals surface area contributed by atoms with E-state index in [1.165, 1.54) is 29.0 Å². The molecule has 0 radical (unpaired) electrons. The highest BCUT2D eigenvalue weighted by molar-refractivity contribution is 7.18. The first-order valence-electron chi connectivity index (χ1n) is 6.51. The second-order valence-corrected chi connectivity index (χ2v) is 6.31. The molecule has 0 amide bonds. The normalized spacial score (nSPS) is 16.3. The van der Waals surface area contributed by atoms with E-state index in [4.69, 9.17) is 16.6 Å². The van der Waals surface area contributed by atoms with Crippen LogP contribution in [0.1, 0.15) is 24.3 Å². The van der Waals surface area contributed by atoms with Crippen LogP contribution in [0.3, 0.4) is 0 Å². The van der Waals surface area contributed by atoms with Gasteiger partial charge in [-0.25, -0.2) is 4.98 Å². The molecular weight excluding hydrogens is 264 g/mol. The summed E-state index contributed by atoms with van der Waals surface area (Å²) in [6.07, 6.45) is 4.01. The molecule has 2 nitrogen and oxygen atoms in total. The average Bonchev–Trinajstić information content (AvgIpc) is 2.69. The smallest absolute Gasteiger partial charge is 0.108 e. The standard InChI is InChI=1S/C14H17ClN2S/c15-8-9-17(11-4-3-5-11)10-14-16-12-6-1-2-7-13(12)18-14/h1-2,6-7,11H,3-5,8-10H2. The molecule has 0 atom stereocenters. The monoisotopic (exact) mass is 280 g/mol. The maximum Gasteiger partial charge on any atom is 0.108 e. The lowest BCUT2D eigenvalue weighted by Crippen LogP contribution is -2.40. The van der Waals surface area contributed by atoms with Gasteiger partial charge in [-0.05, 0) is 25.0 Å². The fourth-order valence-electron chi connectivity index (χ4n) is 2.41. The van der Waals surface area contributed by atoms with E-state index in [1.807, 2.05) is 17.4 Å². The number of rotatable bonds is 5. The van der Waals surface area contributed by atoms with Gasteiger partial charge in [0, 0.05) is 18.5 Å². The zero-order valence-electron chi connectivity index (χ0n) is 10.3. The largest absolute Gasteiger partial charge is 0.293 e. The van der Waals surface area contributed by atoms with E-state index < -0.39 is 0 Å². The summed E-state index contributed by atoms with van der Waals surface area (Å²) in [6, 6.07) is 9.09. The van der Waals surface area contributed by atoms with E-state index >= 15 is 0 Å². The highest BCUT2D eigenvalue weighted by Crippen LogP contribution is 2.28. The summed E-state index contributed by atoms with van der Waals surface area (Å²) < 4.78 is 1.28. The van der Waals surface area contributed by atoms with Crippen molar-refractivity contribution in [3.8, 4) is 0 Å². The van der Waals surface area contributed by atoms with Gasteiger partial charge >= 0.3 is 0 Å². The van der Waals surface area contributed by atoms with E-state index in [-0.39, 0.29) is 0 Å². The van der Waals surface area contributed by atoms with Crippen LogP contribution < -0.4 is 0 Å². The van der Waals surface area contributed by atoms with E-state index in [0.717, 1.165) is 24.6 Å². The van der Waals surface area contributed by atoms with Gasteiger partial charge in [0.2, 0.25) is 0 Å². The molecule has 3 rings (SSSR count). The zero-order valence-corrected chi connectivity index (χ0v) is 11.9. The minimum atomic E-state index is 0.710. The van der Waals surface area contributed by atoms with Crippen molar-refractivity contribution < 1.29 is 0 Å². The van der Waals surface area contributed by atoms with Gasteiger partial charge in [0.1, 0.15) is 5.01 Å². The van der Waals surface area contributed by atoms with Crippen molar-refractivity contribution in [1.82, 2.24) is 9.88 Å². The van der Waals surface area contributed by atoms with Crippen molar-refractivity contribution in [3.63, 3.8) is 0 Å². The van der Waals surface area contributed by atoms with Crippen molar-refractivity contribution in [1.29, 1.82) is 0 Å². The zero-order chi connectivity index (χ0) is 12.4. The predicted molar refractivity (Wildman–Crippen MR) is 78.4 cm³/mol. The van der Waals surface area contributed by atoms with Crippen LogP contribution >= 0.6 is 22.9 Å². The lowest BCUT2D eigenvalue weighted by atomic mass is 9.91. The number of alkyl halides is 1. The van der Waals surface area contributed by atoms with Crippen LogP contribution in [-0.2, 0) is 6.54 Å². The second-order valence-electron chi connectivity index (χ2n) is 4.82. The van der Waals surface area contributed by atoms with Crippen LogP contribution in [0.5, 0.6) is 0 Å². The molecule has 1 saturated carbocycles. The molecule has 0 aliphatic heterocycles. The summed E-state index contributed by atoms with van der Waals surface area (Å²) in [6.45, 7) is 1.93. The van der Waals surface area contributed by atoms with Crippen molar-refractivity contribution in [2.24, 2.45) is 0 Å². The van der Waals surface area contributed by atoms with E-state index in [9.17, 15) is 0 Å². The van der Waals surface area contributed by atoms with Crippen molar-refractivity contribution in [2.45, 2.75) is 31.8 Å². The van der Waals surface area contributed by atoms with E-state index in [2.05, 4.69) is 23.1 Å². The fraction of sp³-hybridized carbons (Fsp3) is 0.500. The Hall–Kier alpha value is -0.640. The van der Waals surface area contributed by atoms with Crippen molar-refractivity contribution in [3.05, 3.63) is 29.3 Å². The minimum Gasteiger partial charge on any atom is -0.293 e. The molecule has 0 N–H and O–H groups in total. The molecule has 0 unspecified atom stereocenters. The van der Waals surface area contributed by atoms with E-state index in [1.54, 1.807) is 0 Å². The van der Waals surface area contributed by atoms with Crippen LogP contribution in [0.15, 0.2) is 24.3 Å². The SMILES string of the molecule is ClCCN(Cc1nc2ccccc2s1)C1CCC1. The highest BCUT2D eigenvalue weighted by atomic mass is 35.5. The van der Waals surface area contributed by atoms with Gasteiger partial charge in [-0.15, -0.1) is 22.9 Å². The van der Waals surface area contributed by atoms with Gasteiger partial charge in [0.05, 0.1) is 16.8 Å². The summed E-state index contributed by atoms with van der Waals surface area (Å²) >= 11 is 7.72.